The molecule has 3 rings (SSSR count). The molecular formula is C21H26N4O4S. The fourth-order valence-electron chi connectivity index (χ4n) is 3.36. The summed E-state index contributed by atoms with van der Waals surface area (Å²) in [6, 6.07) is 12.4. The third-order valence-corrected chi connectivity index (χ3v) is 6.87. The van der Waals surface area contributed by atoms with E-state index < -0.39 is 16.1 Å². The third kappa shape index (κ3) is 5.58. The van der Waals surface area contributed by atoms with Crippen LogP contribution in [0.2, 0.25) is 0 Å². The summed E-state index contributed by atoms with van der Waals surface area (Å²) in [5.74, 6) is -0.359. The topological polar surface area (TPSA) is 122 Å². The largest absolute Gasteiger partial charge is 0.351 e. The quantitative estimate of drug-likeness (QED) is 0.652. The smallest absolute Gasteiger partial charge is 0.316 e. The molecular weight excluding hydrogens is 404 g/mol. The minimum atomic E-state index is -3.61. The van der Waals surface area contributed by atoms with Crippen LogP contribution in [0.5, 0.6) is 0 Å². The number of sulfonamides is 1. The molecule has 0 spiro atoms. The minimum Gasteiger partial charge on any atom is -0.351 e. The summed E-state index contributed by atoms with van der Waals surface area (Å²) in [5.41, 5.74) is 6.75. The van der Waals surface area contributed by atoms with E-state index in [1.54, 1.807) is 36.4 Å². The molecule has 8 nitrogen and oxygen atoms in total. The Balaban J connectivity index is 1.66. The molecule has 0 atom stereocenters. The van der Waals surface area contributed by atoms with Crippen LogP contribution in [-0.2, 0) is 16.6 Å². The van der Waals surface area contributed by atoms with Gasteiger partial charge in [0.2, 0.25) is 10.0 Å². The summed E-state index contributed by atoms with van der Waals surface area (Å²) in [5, 5.41) is 5.25. The molecule has 4 N–H and O–H groups in total. The number of hydrogen-bond donors (Lipinski definition) is 3. The number of anilines is 1. The Labute approximate surface area is 176 Å². The van der Waals surface area contributed by atoms with Gasteiger partial charge in [0.05, 0.1) is 4.90 Å². The number of carbonyl (C=O) groups excluding carboxylic acids is 2. The van der Waals surface area contributed by atoms with Gasteiger partial charge in [0.15, 0.2) is 0 Å². The number of nitrogens with zero attached hydrogens (tertiary/aromatic N) is 1. The van der Waals surface area contributed by atoms with Crippen molar-refractivity contribution in [2.45, 2.75) is 37.1 Å². The van der Waals surface area contributed by atoms with Crippen molar-refractivity contribution in [2.24, 2.45) is 5.73 Å². The van der Waals surface area contributed by atoms with Gasteiger partial charge in [0.1, 0.15) is 0 Å². The van der Waals surface area contributed by atoms with Crippen molar-refractivity contribution < 1.29 is 18.0 Å². The summed E-state index contributed by atoms with van der Waals surface area (Å²) in [7, 11) is -3.61. The van der Waals surface area contributed by atoms with E-state index in [2.05, 4.69) is 10.6 Å². The molecule has 2 aromatic carbocycles. The molecule has 0 saturated carbocycles. The zero-order valence-corrected chi connectivity index (χ0v) is 17.5. The molecule has 0 aromatic heterocycles. The number of benzene rings is 2. The molecule has 1 heterocycles. The first-order valence-corrected chi connectivity index (χ1v) is 11.3. The second-order valence-corrected chi connectivity index (χ2v) is 9.15. The lowest BCUT2D eigenvalue weighted by Crippen LogP contribution is -2.32. The molecule has 1 fully saturated rings. The number of amides is 3. The number of rotatable bonds is 6. The molecule has 30 heavy (non-hydrogen) atoms. The first kappa shape index (κ1) is 21.8. The zero-order valence-electron chi connectivity index (χ0n) is 16.6. The average molecular weight is 431 g/mol. The molecule has 9 heteroatoms. The molecule has 0 bridgehead atoms. The first-order valence-electron chi connectivity index (χ1n) is 9.90. The Kier molecular flexibility index (Phi) is 7.07. The van der Waals surface area contributed by atoms with Gasteiger partial charge < -0.3 is 16.4 Å². The maximum atomic E-state index is 13.0. The number of urea groups is 1. The van der Waals surface area contributed by atoms with E-state index in [9.17, 15) is 18.0 Å². The van der Waals surface area contributed by atoms with E-state index in [1.807, 2.05) is 0 Å². The van der Waals surface area contributed by atoms with E-state index in [1.165, 1.54) is 16.4 Å². The second kappa shape index (κ2) is 9.73. The average Bonchev–Trinajstić information content (AvgIpc) is 3.03. The van der Waals surface area contributed by atoms with E-state index in [-0.39, 0.29) is 22.9 Å². The van der Waals surface area contributed by atoms with Gasteiger partial charge in [0, 0.05) is 30.9 Å². The number of nitrogens with two attached hydrogens (primary N) is 1. The highest BCUT2D eigenvalue weighted by Crippen LogP contribution is 2.21. The third-order valence-electron chi connectivity index (χ3n) is 4.97. The van der Waals surface area contributed by atoms with Crippen molar-refractivity contribution >= 4 is 27.6 Å². The molecule has 1 aliphatic heterocycles. The Hall–Kier alpha value is -2.91. The predicted octanol–water partition coefficient (Wildman–Crippen LogP) is 2.67. The monoisotopic (exact) mass is 430 g/mol. The van der Waals surface area contributed by atoms with Crippen LogP contribution in [0.3, 0.4) is 0 Å². The molecule has 2 aromatic rings. The standard InChI is InChI=1S/C21H26N4O4S/c22-21(27)24-18-10-8-16(9-11-18)15-23-20(26)17-6-5-7-19(14-17)30(28,29)25-12-3-1-2-4-13-25/h5-11,14H,1-4,12-13,15H2,(H,23,26)(H3,22,24,27). The van der Waals surface area contributed by atoms with Gasteiger partial charge in [-0.25, -0.2) is 13.2 Å². The van der Waals surface area contributed by atoms with Crippen LogP contribution in [0.1, 0.15) is 41.6 Å². The summed E-state index contributed by atoms with van der Waals surface area (Å²) in [4.78, 5) is 23.5. The Bertz CT molecular complexity index is 998. The van der Waals surface area contributed by atoms with Gasteiger partial charge in [-0.05, 0) is 48.7 Å². The molecule has 1 saturated heterocycles. The maximum Gasteiger partial charge on any atom is 0.316 e. The van der Waals surface area contributed by atoms with E-state index in [4.69, 9.17) is 5.73 Å². The molecule has 0 unspecified atom stereocenters. The Morgan fingerprint density at radius 2 is 1.63 bits per heavy atom. The van der Waals surface area contributed by atoms with Crippen molar-refractivity contribution in [3.8, 4) is 0 Å². The van der Waals surface area contributed by atoms with Gasteiger partial charge in [0.25, 0.3) is 5.91 Å². The lowest BCUT2D eigenvalue weighted by molar-refractivity contribution is 0.0950. The highest BCUT2D eigenvalue weighted by atomic mass is 32.2. The lowest BCUT2D eigenvalue weighted by Gasteiger charge is -2.20. The molecule has 160 valence electrons. The Morgan fingerprint density at radius 1 is 0.967 bits per heavy atom. The van der Waals surface area contributed by atoms with Crippen molar-refractivity contribution in [3.05, 3.63) is 59.7 Å². The van der Waals surface area contributed by atoms with Crippen LogP contribution in [0.15, 0.2) is 53.4 Å². The first-order chi connectivity index (χ1) is 14.4. The van der Waals surface area contributed by atoms with Crippen molar-refractivity contribution in [3.63, 3.8) is 0 Å². The maximum absolute atomic E-state index is 13.0. The number of hydrogen-bond acceptors (Lipinski definition) is 4. The number of nitrogens with one attached hydrogen (secondary N) is 2. The van der Waals surface area contributed by atoms with Crippen molar-refractivity contribution in [1.82, 2.24) is 9.62 Å². The van der Waals surface area contributed by atoms with Gasteiger partial charge in [-0.15, -0.1) is 0 Å². The fourth-order valence-corrected chi connectivity index (χ4v) is 4.92. The molecule has 3 amide bonds. The normalized spacial score (nSPS) is 15.2. The van der Waals surface area contributed by atoms with E-state index in [0.717, 1.165) is 31.2 Å². The van der Waals surface area contributed by atoms with Crippen LogP contribution in [0, 0.1) is 0 Å². The molecule has 0 aliphatic carbocycles. The van der Waals surface area contributed by atoms with Gasteiger partial charge >= 0.3 is 6.03 Å². The summed E-state index contributed by atoms with van der Waals surface area (Å²) in [6.07, 6.45) is 3.78. The van der Waals surface area contributed by atoms with Crippen LogP contribution in [0.25, 0.3) is 0 Å². The second-order valence-electron chi connectivity index (χ2n) is 7.21. The van der Waals surface area contributed by atoms with Crippen LogP contribution in [-0.4, -0.2) is 37.8 Å². The van der Waals surface area contributed by atoms with Crippen molar-refractivity contribution in [1.29, 1.82) is 0 Å². The number of primary amides is 1. The zero-order chi connectivity index (χ0) is 21.6. The van der Waals surface area contributed by atoms with Crippen molar-refractivity contribution in [2.75, 3.05) is 18.4 Å². The van der Waals surface area contributed by atoms with Gasteiger partial charge in [-0.1, -0.05) is 31.0 Å². The molecule has 1 aliphatic rings. The summed E-state index contributed by atoms with van der Waals surface area (Å²) < 4.78 is 27.4. The van der Waals surface area contributed by atoms with E-state index >= 15 is 0 Å². The molecule has 0 radical (unpaired) electrons. The highest BCUT2D eigenvalue weighted by Gasteiger charge is 2.25. The minimum absolute atomic E-state index is 0.138. The van der Waals surface area contributed by atoms with Crippen LogP contribution >= 0.6 is 0 Å². The van der Waals surface area contributed by atoms with E-state index in [0.29, 0.717) is 18.8 Å². The summed E-state index contributed by atoms with van der Waals surface area (Å²) >= 11 is 0. The SMILES string of the molecule is NC(=O)Nc1ccc(CNC(=O)c2cccc(S(=O)(=O)N3CCCCCC3)c2)cc1. The number of carbonyl (C=O) groups is 2. The van der Waals surface area contributed by atoms with Crippen LogP contribution in [0.4, 0.5) is 10.5 Å². The van der Waals surface area contributed by atoms with Gasteiger partial charge in [-0.3, -0.25) is 4.79 Å². The van der Waals surface area contributed by atoms with Crippen LogP contribution < -0.4 is 16.4 Å². The lowest BCUT2D eigenvalue weighted by atomic mass is 10.2. The predicted molar refractivity (Wildman–Crippen MR) is 114 cm³/mol. The van der Waals surface area contributed by atoms with Gasteiger partial charge in [-0.2, -0.15) is 4.31 Å². The fraction of sp³-hybridized carbons (Fsp3) is 0.333. The highest BCUT2D eigenvalue weighted by molar-refractivity contribution is 7.89. The summed E-state index contributed by atoms with van der Waals surface area (Å²) in [6.45, 7) is 1.29. The Morgan fingerprint density at radius 3 is 2.27 bits per heavy atom.